The molecule has 5 N–H and O–H groups in total. The highest BCUT2D eigenvalue weighted by Crippen LogP contribution is 2.38. The van der Waals surface area contributed by atoms with Crippen LogP contribution in [0.5, 0.6) is 28.7 Å². The van der Waals surface area contributed by atoms with Crippen LogP contribution in [0, 0.1) is 76.2 Å². The molecule has 10 aromatic carbocycles. The van der Waals surface area contributed by atoms with Gasteiger partial charge >= 0.3 is 11.9 Å². The highest BCUT2D eigenvalue weighted by atomic mass is 79.9. The van der Waals surface area contributed by atoms with Gasteiger partial charge in [-0.25, -0.2) is 16.8 Å². The number of sulfonamides is 2. The molecule has 0 aliphatic heterocycles. The van der Waals surface area contributed by atoms with Gasteiger partial charge in [0, 0.05) is 116 Å². The molecule has 5 heterocycles. The summed E-state index contributed by atoms with van der Waals surface area (Å²) >= 11 is 34.6. The van der Waals surface area contributed by atoms with Crippen molar-refractivity contribution in [2.75, 3.05) is 51.3 Å². The number of nitrogens with zero attached hydrogens (tertiary/aromatic N) is 5. The molecular weight excluding hydrogens is 2060 g/mol. The topological polar surface area (TPSA) is 326 Å². The number of para-hydroxylation sites is 5. The van der Waals surface area contributed by atoms with Crippen LogP contribution in [-0.4, -0.2) is 138 Å². The van der Waals surface area contributed by atoms with Gasteiger partial charge in [-0.15, -0.1) is 0 Å². The van der Waals surface area contributed by atoms with Gasteiger partial charge in [-0.1, -0.05) is 150 Å². The Morgan fingerprint density at radius 2 is 0.715 bits per heavy atom. The molecule has 34 heteroatoms. The van der Waals surface area contributed by atoms with Crippen molar-refractivity contribution in [1.29, 1.82) is 0 Å². The Hall–Kier alpha value is -11.5. The molecule has 2 atom stereocenters. The summed E-state index contributed by atoms with van der Waals surface area (Å²) in [6.45, 7) is 28.7. The number of nitrogens with one attached hydrogen (secondary N) is 2. The number of carbonyl (C=O) groups is 4. The van der Waals surface area contributed by atoms with Crippen LogP contribution in [0.4, 0.5) is 0 Å². The van der Waals surface area contributed by atoms with E-state index in [1.54, 1.807) is 6.92 Å². The van der Waals surface area contributed by atoms with Crippen LogP contribution >= 0.6 is 73.9 Å². The van der Waals surface area contributed by atoms with Crippen molar-refractivity contribution in [2.45, 2.75) is 186 Å². The monoisotopic (exact) mass is 2180 g/mol. The first kappa shape index (κ1) is 113. The van der Waals surface area contributed by atoms with E-state index in [4.69, 9.17) is 91.3 Å². The minimum atomic E-state index is -3.99. The van der Waals surface area contributed by atoms with E-state index in [9.17, 15) is 49.5 Å². The average molecular weight is 2180 g/mol. The van der Waals surface area contributed by atoms with Crippen molar-refractivity contribution in [2.24, 2.45) is 0 Å². The number of aliphatic carboxylic acids is 2. The highest BCUT2D eigenvalue weighted by molar-refractivity contribution is 9.10. The Labute approximate surface area is 876 Å². The summed E-state index contributed by atoms with van der Waals surface area (Å²) in [5, 5.41) is 27.5. The van der Waals surface area contributed by atoms with E-state index < -0.39 is 66.0 Å². The molecule has 0 radical (unpaired) electrons. The van der Waals surface area contributed by atoms with Crippen LogP contribution < -0.4 is 33.1 Å². The van der Waals surface area contributed by atoms with E-state index in [1.165, 1.54) is 5.56 Å². The van der Waals surface area contributed by atoms with Crippen LogP contribution in [0.3, 0.4) is 0 Å². The van der Waals surface area contributed by atoms with Gasteiger partial charge in [0.2, 0.25) is 20.0 Å². The molecule has 2 amide bonds. The standard InChI is InChI=1S/C24H29ClN2O4S.C23H27ClN2O4S.C22H23BrClNO3.C21H24ClNO4S.C20H20ClNO3/c1-5-21(24(28)26-32(4,29)30)27-15-18(20-10-6-7-11-22(20)27)9-8-12-31-19-13-16(2)23(25)17(3)14-19;1-15-12-19(13-16(2)22(15)24)30-11-7-8-18-14-26(21-10-6-5-9-20(18)21)17(3)23(27)25-31(4,28)29;1-13-10-16(11-14(2)21(13)24)28-9-5-7-17-15(3)25(12-20(26)27)22-18(17)6-4-8-19(22)23;1-15-12-18(13-16(2)21(15)22)27-10-5-6-17-14-23(9-11-28(24,25)26)20-8-4-3-7-19(17)20;1-13-9-16(10-14(2)20(13)21)25-8-7-22-12-15(11-19(23)24)17-5-3-4-6-18(17)22/h6-7,10-11,13-15,21H,5,8-9,12H2,1-4H3,(H,26,28);5-6,9-10,12-14,17H,7-8,11H2,1-4H3,(H,25,27);4,6,8,10-11H,5,7,9,12H2,1-3H3,(H,26,27);3-4,7-8,12-14H,5-6,9-11H2,1-2H3,(H,24,25,26);3-6,9-10,12H,7-8,11H2,1-2H3,(H,23,24). The number of amides is 2. The summed E-state index contributed by atoms with van der Waals surface area (Å²) in [7, 11) is -11.2. The summed E-state index contributed by atoms with van der Waals surface area (Å²) in [5.41, 5.74) is 21.0. The first-order chi connectivity index (χ1) is 68.2. The zero-order valence-corrected chi connectivity index (χ0v) is 91.2. The fourth-order valence-corrected chi connectivity index (χ4v) is 20.2. The first-order valence-electron chi connectivity index (χ1n) is 47.1. The molecule has 144 heavy (non-hydrogen) atoms. The molecule has 0 aliphatic rings. The molecule has 0 spiro atoms. The summed E-state index contributed by atoms with van der Waals surface area (Å²) in [6, 6.07) is 55.4. The van der Waals surface area contributed by atoms with Crippen molar-refractivity contribution in [3.05, 3.63) is 319 Å². The summed E-state index contributed by atoms with van der Waals surface area (Å²) in [6.07, 6.45) is 16.6. The van der Waals surface area contributed by atoms with Gasteiger partial charge in [-0.3, -0.25) is 33.2 Å². The predicted molar refractivity (Wildman–Crippen MR) is 583 cm³/mol. The van der Waals surface area contributed by atoms with Crippen LogP contribution in [0.1, 0.15) is 147 Å². The third kappa shape index (κ3) is 30.8. The van der Waals surface area contributed by atoms with Crippen molar-refractivity contribution in [3.63, 3.8) is 0 Å². The van der Waals surface area contributed by atoms with E-state index in [-0.39, 0.29) is 25.3 Å². The maximum atomic E-state index is 12.6. The minimum absolute atomic E-state index is 0.0178. The lowest BCUT2D eigenvalue weighted by Crippen LogP contribution is -2.35. The van der Waals surface area contributed by atoms with Crippen LogP contribution in [0.25, 0.3) is 54.5 Å². The summed E-state index contributed by atoms with van der Waals surface area (Å²) in [5.74, 6) is 0.965. The number of halogens is 6. The lowest BCUT2D eigenvalue weighted by Gasteiger charge is -2.17. The number of fused-ring (bicyclic) bond motifs is 5. The zero-order chi connectivity index (χ0) is 105. The third-order valence-electron chi connectivity index (χ3n) is 24.5. The van der Waals surface area contributed by atoms with Gasteiger partial charge in [0.05, 0.1) is 63.2 Å². The molecule has 5 aromatic heterocycles. The minimum Gasteiger partial charge on any atom is -0.494 e. The molecule has 15 rings (SSSR count). The van der Waals surface area contributed by atoms with Crippen molar-refractivity contribution < 1.29 is 82.9 Å². The number of carboxylic acid groups (broad SMARTS) is 2. The second kappa shape index (κ2) is 51.0. The smallest absolute Gasteiger partial charge is 0.323 e. The second-order valence-corrected chi connectivity index (χ2v) is 43.8. The fourth-order valence-electron chi connectivity index (χ4n) is 17.6. The van der Waals surface area contributed by atoms with E-state index >= 15 is 0 Å². The average Bonchev–Trinajstić information content (AvgIpc) is 1.63. The SMILES string of the molecule is CCC(C(=O)NS(C)(=O)=O)n1cc(CCCOc2cc(C)c(Cl)c(C)c2)c2ccccc21.Cc1cc(OCCCc2c(C)n(CC(=O)O)c3c(Br)cccc23)cc(C)c1Cl.Cc1cc(OCCCc2cn(C(C)C(=O)NS(C)(=O)=O)c3ccccc23)cc(C)c1Cl.Cc1cc(OCCCc2cn(CCS(=O)(=O)O)c3ccccc23)cc(C)c1Cl.Cc1cc(OCCn2cc(CC(=O)O)c3ccccc32)cc(C)c1Cl. The molecule has 25 nitrogen and oxygen atoms in total. The predicted octanol–water partition coefficient (Wildman–Crippen LogP) is 25.0. The van der Waals surface area contributed by atoms with Crippen molar-refractivity contribution >= 4 is 182 Å². The van der Waals surface area contributed by atoms with Gasteiger partial charge in [-0.05, 0) is 331 Å². The molecule has 2 unspecified atom stereocenters. The Morgan fingerprint density at radius 1 is 0.396 bits per heavy atom. The Bertz CT molecular complexity index is 7440. The summed E-state index contributed by atoms with van der Waals surface area (Å²) < 4.78 is 121. The van der Waals surface area contributed by atoms with Gasteiger partial charge in [-0.2, -0.15) is 8.42 Å². The van der Waals surface area contributed by atoms with Gasteiger partial charge < -0.3 is 56.7 Å². The normalized spacial score (nSPS) is 11.9. The molecule has 0 bridgehead atoms. The Balaban J connectivity index is 0.000000172. The van der Waals surface area contributed by atoms with E-state index in [0.29, 0.717) is 46.0 Å². The number of aryl methyl sites for hydroxylation is 15. The quantitative estimate of drug-likeness (QED) is 0.0177. The number of carboxylic acids is 2. The molecule has 0 saturated heterocycles. The van der Waals surface area contributed by atoms with Crippen molar-refractivity contribution in [1.82, 2.24) is 32.3 Å². The van der Waals surface area contributed by atoms with Gasteiger partial charge in [0.1, 0.15) is 54.0 Å². The number of aromatic nitrogens is 5. The van der Waals surface area contributed by atoms with E-state index in [1.807, 2.05) is 307 Å². The lowest BCUT2D eigenvalue weighted by atomic mass is 10.1. The van der Waals surface area contributed by atoms with Gasteiger partial charge in [0.25, 0.3) is 21.9 Å². The van der Waals surface area contributed by atoms with Crippen molar-refractivity contribution in [3.8, 4) is 28.7 Å². The second-order valence-electron chi connectivity index (χ2n) is 36.0. The molecule has 0 saturated carbocycles. The lowest BCUT2D eigenvalue weighted by molar-refractivity contribution is -0.138. The van der Waals surface area contributed by atoms with Crippen LogP contribution in [-0.2, 0) is 101 Å². The van der Waals surface area contributed by atoms with E-state index in [0.717, 1.165) is 260 Å². The summed E-state index contributed by atoms with van der Waals surface area (Å²) in [4.78, 5) is 47.3. The van der Waals surface area contributed by atoms with Crippen LogP contribution in [0.2, 0.25) is 25.1 Å². The highest BCUT2D eigenvalue weighted by Gasteiger charge is 2.27. The number of hydrogen-bond donors (Lipinski definition) is 5. The molecule has 0 fully saturated rings. The number of ether oxygens (including phenoxy) is 5. The number of carbonyl (C=O) groups excluding carboxylic acids is 2. The molecule has 0 aliphatic carbocycles. The largest absolute Gasteiger partial charge is 0.494 e. The molecule has 15 aromatic rings. The Morgan fingerprint density at radius 3 is 1.09 bits per heavy atom. The number of benzene rings is 10. The number of hydrogen-bond acceptors (Lipinski definition) is 15. The molecular formula is C110H123BrCl5N7O18S3. The van der Waals surface area contributed by atoms with E-state index in [2.05, 4.69) is 25.4 Å². The fraction of sp³-hybridized carbons (Fsp3) is 0.327. The maximum absolute atomic E-state index is 12.6. The zero-order valence-electron chi connectivity index (χ0n) is 83.3. The van der Waals surface area contributed by atoms with Gasteiger partial charge in [0.15, 0.2) is 0 Å². The first-order valence-corrected chi connectivity index (χ1v) is 55.2. The number of rotatable bonds is 38. The molecule has 766 valence electrons. The Kier molecular flexibility index (Phi) is 40.0. The van der Waals surface area contributed by atoms with Crippen LogP contribution in [0.15, 0.2) is 205 Å². The third-order valence-corrected chi connectivity index (χ3v) is 30.0. The maximum Gasteiger partial charge on any atom is 0.323 e.